The number of nitrogens with two attached hydrogens (primary N) is 1. The van der Waals surface area contributed by atoms with Gasteiger partial charge in [-0.15, -0.1) is 5.10 Å². The Bertz CT molecular complexity index is 408. The molecular formula is C14H27N5O2. The van der Waals surface area contributed by atoms with Gasteiger partial charge in [0.1, 0.15) is 12.9 Å². The predicted octanol–water partition coefficient (Wildman–Crippen LogP) is 1.04. The number of aromatic nitrogens is 3. The van der Waals surface area contributed by atoms with Gasteiger partial charge in [0.15, 0.2) is 0 Å². The maximum Gasteiger partial charge on any atom is 0.244 e. The highest BCUT2D eigenvalue weighted by Gasteiger charge is 2.14. The smallest absolute Gasteiger partial charge is 0.244 e. The van der Waals surface area contributed by atoms with Crippen LogP contribution in [0.4, 0.5) is 5.95 Å². The van der Waals surface area contributed by atoms with Crippen molar-refractivity contribution in [1.29, 1.82) is 0 Å². The van der Waals surface area contributed by atoms with E-state index in [4.69, 9.17) is 10.8 Å². The van der Waals surface area contributed by atoms with Crippen LogP contribution in [0.3, 0.4) is 0 Å². The number of nitrogen functional groups attached to an aromatic ring is 1. The monoisotopic (exact) mass is 297 g/mol. The lowest BCUT2D eigenvalue weighted by molar-refractivity contribution is -0.132. The average Bonchev–Trinajstić information content (AvgIpc) is 2.87. The molecule has 0 aliphatic carbocycles. The largest absolute Gasteiger partial charge is 0.396 e. The van der Waals surface area contributed by atoms with Crippen molar-refractivity contribution in [3.63, 3.8) is 0 Å². The minimum atomic E-state index is -0.0103. The summed E-state index contributed by atoms with van der Waals surface area (Å²) in [4.78, 5) is 17.9. The summed E-state index contributed by atoms with van der Waals surface area (Å²) in [6.45, 7) is 3.72. The molecule has 1 amide bonds. The molecule has 3 N–H and O–H groups in total. The number of unbranched alkanes of at least 4 members (excludes halogenated alkanes) is 4. The zero-order valence-electron chi connectivity index (χ0n) is 12.9. The number of anilines is 1. The number of nitrogens with zero attached hydrogens (tertiary/aromatic N) is 4. The quantitative estimate of drug-likeness (QED) is 0.595. The van der Waals surface area contributed by atoms with Gasteiger partial charge in [0.05, 0.1) is 0 Å². The third kappa shape index (κ3) is 7.08. The first kappa shape index (κ1) is 17.4. The van der Waals surface area contributed by atoms with Crippen molar-refractivity contribution in [2.24, 2.45) is 0 Å². The summed E-state index contributed by atoms with van der Waals surface area (Å²) in [5.41, 5.74) is 5.44. The Morgan fingerprint density at radius 1 is 1.29 bits per heavy atom. The lowest BCUT2D eigenvalue weighted by Crippen LogP contribution is -2.36. The van der Waals surface area contributed by atoms with Gasteiger partial charge in [-0.05, 0) is 12.8 Å². The molecule has 1 aromatic heterocycles. The third-order valence-electron chi connectivity index (χ3n) is 3.32. The zero-order chi connectivity index (χ0) is 15.5. The summed E-state index contributed by atoms with van der Waals surface area (Å²) < 4.78 is 1.45. The van der Waals surface area contributed by atoms with Crippen LogP contribution in [-0.2, 0) is 11.3 Å². The molecule has 0 atom stereocenters. The molecule has 0 radical (unpaired) electrons. The maximum atomic E-state index is 12.3. The lowest BCUT2D eigenvalue weighted by atomic mass is 10.1. The van der Waals surface area contributed by atoms with E-state index in [-0.39, 0.29) is 25.0 Å². The first-order valence-electron chi connectivity index (χ1n) is 7.71. The molecular weight excluding hydrogens is 270 g/mol. The average molecular weight is 297 g/mol. The van der Waals surface area contributed by atoms with Gasteiger partial charge in [-0.1, -0.05) is 32.6 Å². The van der Waals surface area contributed by atoms with Crippen LogP contribution in [0.15, 0.2) is 6.33 Å². The second-order valence-corrected chi connectivity index (χ2v) is 5.17. The normalized spacial score (nSPS) is 10.8. The molecule has 0 aliphatic rings. The fourth-order valence-electron chi connectivity index (χ4n) is 2.15. The number of carbonyl (C=O) groups excluding carboxylic acids is 1. The van der Waals surface area contributed by atoms with Crippen LogP contribution >= 0.6 is 0 Å². The van der Waals surface area contributed by atoms with E-state index in [1.54, 1.807) is 4.90 Å². The Morgan fingerprint density at radius 3 is 2.62 bits per heavy atom. The SMILES string of the molecule is CCCCCCCN(CCCO)C(=O)Cn1cnc(N)n1. The minimum Gasteiger partial charge on any atom is -0.396 e. The van der Waals surface area contributed by atoms with E-state index >= 15 is 0 Å². The fourth-order valence-corrected chi connectivity index (χ4v) is 2.15. The number of aliphatic hydroxyl groups excluding tert-OH is 1. The van der Waals surface area contributed by atoms with Crippen LogP contribution in [0.1, 0.15) is 45.4 Å². The maximum absolute atomic E-state index is 12.3. The first-order chi connectivity index (χ1) is 10.2. The second kappa shape index (κ2) is 10.1. The van der Waals surface area contributed by atoms with Gasteiger partial charge in [-0.25, -0.2) is 9.67 Å². The molecule has 0 fully saturated rings. The standard InChI is InChI=1S/C14H27N5O2/c1-2-3-4-5-6-8-18(9-7-10-20)13(21)11-19-12-16-14(15)17-19/h12,20H,2-11H2,1H3,(H2,15,17). The number of aliphatic hydroxyl groups is 1. The third-order valence-corrected chi connectivity index (χ3v) is 3.32. The highest BCUT2D eigenvalue weighted by Crippen LogP contribution is 2.05. The minimum absolute atomic E-state index is 0.0103. The molecule has 0 unspecified atom stereocenters. The molecule has 1 heterocycles. The van der Waals surface area contributed by atoms with Gasteiger partial charge in [0.25, 0.3) is 0 Å². The summed E-state index contributed by atoms with van der Waals surface area (Å²) in [6, 6.07) is 0. The van der Waals surface area contributed by atoms with Gasteiger partial charge >= 0.3 is 0 Å². The number of amides is 1. The van der Waals surface area contributed by atoms with Crippen LogP contribution in [0, 0.1) is 0 Å². The molecule has 21 heavy (non-hydrogen) atoms. The predicted molar refractivity (Wildman–Crippen MR) is 81.5 cm³/mol. The van der Waals surface area contributed by atoms with E-state index in [1.165, 1.54) is 30.3 Å². The van der Waals surface area contributed by atoms with Gasteiger partial charge in [-0.2, -0.15) is 0 Å². The van der Waals surface area contributed by atoms with Crippen LogP contribution in [0.2, 0.25) is 0 Å². The van der Waals surface area contributed by atoms with Crippen LogP contribution in [0.5, 0.6) is 0 Å². The number of carbonyl (C=O) groups is 1. The van der Waals surface area contributed by atoms with Crippen LogP contribution in [-0.4, -0.2) is 50.4 Å². The molecule has 0 saturated heterocycles. The highest BCUT2D eigenvalue weighted by molar-refractivity contribution is 5.75. The van der Waals surface area contributed by atoms with Crippen molar-refractivity contribution in [3.8, 4) is 0 Å². The Balaban J connectivity index is 2.41. The Hall–Kier alpha value is -1.63. The fraction of sp³-hybridized carbons (Fsp3) is 0.786. The Labute approximate surface area is 126 Å². The molecule has 1 aromatic rings. The van der Waals surface area contributed by atoms with Gasteiger partial charge in [0.2, 0.25) is 11.9 Å². The van der Waals surface area contributed by atoms with E-state index in [2.05, 4.69) is 17.0 Å². The van der Waals surface area contributed by atoms with Gasteiger partial charge in [0, 0.05) is 19.7 Å². The van der Waals surface area contributed by atoms with E-state index in [9.17, 15) is 4.79 Å². The topological polar surface area (TPSA) is 97.3 Å². The summed E-state index contributed by atoms with van der Waals surface area (Å²) in [7, 11) is 0. The van der Waals surface area contributed by atoms with E-state index in [0.29, 0.717) is 13.0 Å². The van der Waals surface area contributed by atoms with Crippen molar-refractivity contribution in [3.05, 3.63) is 6.33 Å². The molecule has 0 bridgehead atoms. The van der Waals surface area contributed by atoms with Crippen LogP contribution in [0.25, 0.3) is 0 Å². The van der Waals surface area contributed by atoms with Crippen molar-refractivity contribution in [1.82, 2.24) is 19.7 Å². The van der Waals surface area contributed by atoms with Gasteiger partial charge in [-0.3, -0.25) is 4.79 Å². The molecule has 7 heteroatoms. The van der Waals surface area contributed by atoms with E-state index in [1.807, 2.05) is 0 Å². The molecule has 0 saturated carbocycles. The molecule has 120 valence electrons. The molecule has 0 aromatic carbocycles. The Kier molecular flexibility index (Phi) is 8.42. The molecule has 1 rings (SSSR count). The summed E-state index contributed by atoms with van der Waals surface area (Å²) in [5.74, 6) is 0.160. The van der Waals surface area contributed by atoms with Crippen molar-refractivity contribution in [2.75, 3.05) is 25.4 Å². The zero-order valence-corrected chi connectivity index (χ0v) is 12.9. The second-order valence-electron chi connectivity index (χ2n) is 5.17. The van der Waals surface area contributed by atoms with Crippen molar-refractivity contribution >= 4 is 11.9 Å². The molecule has 0 spiro atoms. The van der Waals surface area contributed by atoms with Crippen molar-refractivity contribution in [2.45, 2.75) is 52.0 Å². The first-order valence-corrected chi connectivity index (χ1v) is 7.71. The molecule has 7 nitrogen and oxygen atoms in total. The highest BCUT2D eigenvalue weighted by atomic mass is 16.3. The molecule has 0 aliphatic heterocycles. The summed E-state index contributed by atoms with van der Waals surface area (Å²) in [5, 5.41) is 12.9. The number of hydrogen-bond acceptors (Lipinski definition) is 5. The summed E-state index contributed by atoms with van der Waals surface area (Å²) >= 11 is 0. The van der Waals surface area contributed by atoms with E-state index in [0.717, 1.165) is 19.4 Å². The summed E-state index contributed by atoms with van der Waals surface area (Å²) in [6.07, 6.45) is 7.84. The van der Waals surface area contributed by atoms with E-state index < -0.39 is 0 Å². The number of rotatable bonds is 11. The van der Waals surface area contributed by atoms with Crippen LogP contribution < -0.4 is 5.73 Å². The number of hydrogen-bond donors (Lipinski definition) is 2. The van der Waals surface area contributed by atoms with Crippen molar-refractivity contribution < 1.29 is 9.90 Å². The lowest BCUT2D eigenvalue weighted by Gasteiger charge is -2.22. The Morgan fingerprint density at radius 2 is 2.00 bits per heavy atom. The van der Waals surface area contributed by atoms with Gasteiger partial charge < -0.3 is 15.7 Å².